The van der Waals surface area contributed by atoms with E-state index in [2.05, 4.69) is 21.6 Å². The third kappa shape index (κ3) is 5.45. The minimum atomic E-state index is -0.131. The van der Waals surface area contributed by atoms with Crippen LogP contribution in [0.25, 0.3) is 0 Å². The molecular formula is C24H31N3O3. The summed E-state index contributed by atoms with van der Waals surface area (Å²) in [7, 11) is 0. The van der Waals surface area contributed by atoms with Crippen LogP contribution in [0.2, 0.25) is 0 Å². The highest BCUT2D eigenvalue weighted by atomic mass is 16.6. The lowest BCUT2D eigenvalue weighted by Crippen LogP contribution is -2.48. The fourth-order valence-electron chi connectivity index (χ4n) is 4.19. The standard InChI is InChI=1S/C24H31N3O3/c1-18(20-7-3-2-4-8-20)25-24(28)26-21(17-27-11-5-6-12-27)15-19-9-10-22-23(16-19)30-14-13-29-22/h2-4,7-10,16,18,21H,5-6,11-15,17H2,1H3,(H2,25,26,28)/t18-,21+/m1/s1. The Morgan fingerprint density at radius 1 is 1.00 bits per heavy atom. The maximum absolute atomic E-state index is 12.7. The van der Waals surface area contributed by atoms with Crippen molar-refractivity contribution in [2.45, 2.75) is 38.3 Å². The molecule has 0 bridgehead atoms. The average molecular weight is 410 g/mol. The number of nitrogens with one attached hydrogen (secondary N) is 2. The Balaban J connectivity index is 1.40. The number of urea groups is 1. The molecule has 2 heterocycles. The predicted molar refractivity (Wildman–Crippen MR) is 117 cm³/mol. The summed E-state index contributed by atoms with van der Waals surface area (Å²) in [6.07, 6.45) is 3.21. The minimum absolute atomic E-state index is 0.0219. The van der Waals surface area contributed by atoms with Crippen molar-refractivity contribution < 1.29 is 14.3 Å². The second kappa shape index (κ2) is 9.85. The van der Waals surface area contributed by atoms with Gasteiger partial charge in [0.2, 0.25) is 0 Å². The molecule has 2 aromatic carbocycles. The van der Waals surface area contributed by atoms with Gasteiger partial charge in [-0.2, -0.15) is 0 Å². The van der Waals surface area contributed by atoms with E-state index in [1.807, 2.05) is 49.4 Å². The monoisotopic (exact) mass is 409 g/mol. The lowest BCUT2D eigenvalue weighted by atomic mass is 10.0. The van der Waals surface area contributed by atoms with Gasteiger partial charge in [0.1, 0.15) is 13.2 Å². The number of amides is 2. The van der Waals surface area contributed by atoms with Crippen LogP contribution >= 0.6 is 0 Å². The second-order valence-corrected chi connectivity index (χ2v) is 8.14. The summed E-state index contributed by atoms with van der Waals surface area (Å²) < 4.78 is 11.4. The first kappa shape index (κ1) is 20.5. The third-order valence-electron chi connectivity index (χ3n) is 5.75. The van der Waals surface area contributed by atoms with E-state index in [0.717, 1.165) is 48.7 Å². The lowest BCUT2D eigenvalue weighted by molar-refractivity contribution is 0.171. The van der Waals surface area contributed by atoms with E-state index in [-0.39, 0.29) is 18.1 Å². The molecular weight excluding hydrogens is 378 g/mol. The highest BCUT2D eigenvalue weighted by molar-refractivity contribution is 5.74. The molecule has 2 aliphatic rings. The Hall–Kier alpha value is -2.73. The van der Waals surface area contributed by atoms with Crippen LogP contribution in [0, 0.1) is 0 Å². The van der Waals surface area contributed by atoms with Crippen LogP contribution in [0.1, 0.15) is 36.9 Å². The molecule has 0 aliphatic carbocycles. The molecule has 1 saturated heterocycles. The molecule has 0 aromatic heterocycles. The van der Waals surface area contributed by atoms with Crippen molar-refractivity contribution >= 4 is 6.03 Å². The van der Waals surface area contributed by atoms with Crippen molar-refractivity contribution in [3.05, 3.63) is 59.7 Å². The molecule has 30 heavy (non-hydrogen) atoms. The van der Waals surface area contributed by atoms with Gasteiger partial charge in [-0.3, -0.25) is 0 Å². The van der Waals surface area contributed by atoms with Crippen molar-refractivity contribution in [1.82, 2.24) is 15.5 Å². The van der Waals surface area contributed by atoms with Gasteiger partial charge in [-0.15, -0.1) is 0 Å². The number of hydrogen-bond acceptors (Lipinski definition) is 4. The third-order valence-corrected chi connectivity index (χ3v) is 5.75. The number of rotatable bonds is 7. The van der Waals surface area contributed by atoms with Gasteiger partial charge < -0.3 is 25.0 Å². The summed E-state index contributed by atoms with van der Waals surface area (Å²) in [6, 6.07) is 15.9. The van der Waals surface area contributed by atoms with Gasteiger partial charge in [-0.1, -0.05) is 36.4 Å². The zero-order chi connectivity index (χ0) is 20.8. The van der Waals surface area contributed by atoms with Gasteiger partial charge in [0.05, 0.1) is 6.04 Å². The van der Waals surface area contributed by atoms with Crippen LogP contribution in [0.3, 0.4) is 0 Å². The second-order valence-electron chi connectivity index (χ2n) is 8.14. The molecule has 0 saturated carbocycles. The van der Waals surface area contributed by atoms with Crippen LogP contribution < -0.4 is 20.1 Å². The van der Waals surface area contributed by atoms with E-state index in [1.54, 1.807) is 0 Å². The van der Waals surface area contributed by atoms with Crippen LogP contribution in [0.15, 0.2) is 48.5 Å². The minimum Gasteiger partial charge on any atom is -0.486 e. The number of ether oxygens (including phenoxy) is 2. The molecule has 2 N–H and O–H groups in total. The average Bonchev–Trinajstić information content (AvgIpc) is 3.27. The maximum atomic E-state index is 12.7. The quantitative estimate of drug-likeness (QED) is 0.734. The van der Waals surface area contributed by atoms with Gasteiger partial charge in [-0.25, -0.2) is 4.79 Å². The molecule has 160 valence electrons. The topological polar surface area (TPSA) is 62.8 Å². The molecule has 6 heteroatoms. The smallest absolute Gasteiger partial charge is 0.315 e. The van der Waals surface area contributed by atoms with Crippen molar-refractivity contribution in [2.24, 2.45) is 0 Å². The number of carbonyl (C=O) groups is 1. The van der Waals surface area contributed by atoms with Crippen LogP contribution in [0.5, 0.6) is 11.5 Å². The Morgan fingerprint density at radius 3 is 2.50 bits per heavy atom. The molecule has 2 atom stereocenters. The zero-order valence-corrected chi connectivity index (χ0v) is 17.6. The fourth-order valence-corrected chi connectivity index (χ4v) is 4.19. The summed E-state index contributed by atoms with van der Waals surface area (Å²) in [5.41, 5.74) is 2.23. The summed E-state index contributed by atoms with van der Waals surface area (Å²) >= 11 is 0. The van der Waals surface area contributed by atoms with E-state index < -0.39 is 0 Å². The van der Waals surface area contributed by atoms with Crippen molar-refractivity contribution in [3.8, 4) is 11.5 Å². The largest absolute Gasteiger partial charge is 0.486 e. The lowest BCUT2D eigenvalue weighted by Gasteiger charge is -2.26. The normalized spacial score (nSPS) is 17.9. The molecule has 2 aliphatic heterocycles. The van der Waals surface area contributed by atoms with Gasteiger partial charge in [0.15, 0.2) is 11.5 Å². The Morgan fingerprint density at radius 2 is 1.73 bits per heavy atom. The molecule has 0 radical (unpaired) electrons. The number of hydrogen-bond donors (Lipinski definition) is 2. The van der Waals surface area contributed by atoms with E-state index in [4.69, 9.17) is 9.47 Å². The van der Waals surface area contributed by atoms with Crippen molar-refractivity contribution in [3.63, 3.8) is 0 Å². The van der Waals surface area contributed by atoms with Gasteiger partial charge in [0.25, 0.3) is 0 Å². The van der Waals surface area contributed by atoms with Crippen LogP contribution in [-0.2, 0) is 6.42 Å². The number of benzene rings is 2. The Bertz CT molecular complexity index is 837. The van der Waals surface area contributed by atoms with Crippen LogP contribution in [-0.4, -0.2) is 49.8 Å². The number of fused-ring (bicyclic) bond motifs is 1. The van der Waals surface area contributed by atoms with Crippen molar-refractivity contribution in [2.75, 3.05) is 32.8 Å². The summed E-state index contributed by atoms with van der Waals surface area (Å²) in [5.74, 6) is 1.59. The van der Waals surface area contributed by atoms with Crippen LogP contribution in [0.4, 0.5) is 4.79 Å². The summed E-state index contributed by atoms with van der Waals surface area (Å²) in [4.78, 5) is 15.2. The molecule has 6 nitrogen and oxygen atoms in total. The summed E-state index contributed by atoms with van der Waals surface area (Å²) in [6.45, 7) is 6.21. The predicted octanol–water partition coefficient (Wildman–Crippen LogP) is 3.53. The molecule has 2 amide bonds. The fraction of sp³-hybridized carbons (Fsp3) is 0.458. The molecule has 1 fully saturated rings. The molecule has 4 rings (SSSR count). The SMILES string of the molecule is C[C@@H](NC(=O)N[C@@H](Cc1ccc2c(c1)OCCO2)CN1CCCC1)c1ccccc1. The van der Waals surface area contributed by atoms with Crippen molar-refractivity contribution in [1.29, 1.82) is 0 Å². The maximum Gasteiger partial charge on any atom is 0.315 e. The number of carbonyl (C=O) groups excluding carboxylic acids is 1. The van der Waals surface area contributed by atoms with Gasteiger partial charge in [0, 0.05) is 12.6 Å². The van der Waals surface area contributed by atoms with E-state index in [0.29, 0.717) is 13.2 Å². The van der Waals surface area contributed by atoms with E-state index >= 15 is 0 Å². The number of nitrogens with zero attached hydrogens (tertiary/aromatic N) is 1. The zero-order valence-electron chi connectivity index (χ0n) is 17.6. The first-order valence-corrected chi connectivity index (χ1v) is 10.9. The first-order valence-electron chi connectivity index (χ1n) is 10.9. The Kier molecular flexibility index (Phi) is 6.74. The summed E-state index contributed by atoms with van der Waals surface area (Å²) in [5, 5.41) is 6.28. The van der Waals surface area contributed by atoms with Gasteiger partial charge in [-0.05, 0) is 62.5 Å². The highest BCUT2D eigenvalue weighted by Gasteiger charge is 2.21. The molecule has 2 aromatic rings. The Labute approximate surface area is 178 Å². The van der Waals surface area contributed by atoms with E-state index in [9.17, 15) is 4.79 Å². The number of likely N-dealkylation sites (tertiary alicyclic amines) is 1. The highest BCUT2D eigenvalue weighted by Crippen LogP contribution is 2.31. The molecule has 0 spiro atoms. The van der Waals surface area contributed by atoms with E-state index in [1.165, 1.54) is 12.8 Å². The first-order chi connectivity index (χ1) is 14.7. The van der Waals surface area contributed by atoms with Gasteiger partial charge >= 0.3 is 6.03 Å². The molecule has 0 unspecified atom stereocenters.